The zero-order chi connectivity index (χ0) is 30.1. The lowest BCUT2D eigenvalue weighted by molar-refractivity contribution is -0.0971. The second kappa shape index (κ2) is 11.8. The van der Waals surface area contributed by atoms with Crippen LogP contribution < -0.4 is 16.0 Å². The molecule has 1 aromatic heterocycles. The number of hydrogen-bond acceptors (Lipinski definition) is 12. The summed E-state index contributed by atoms with van der Waals surface area (Å²) in [6.07, 6.45) is 10.5. The highest BCUT2D eigenvalue weighted by atomic mass is 16.7. The van der Waals surface area contributed by atoms with E-state index in [2.05, 4.69) is 38.9 Å². The molecule has 224 valence electrons. The second-order valence-corrected chi connectivity index (χ2v) is 10.6. The van der Waals surface area contributed by atoms with E-state index >= 15 is 0 Å². The Kier molecular flexibility index (Phi) is 7.78. The van der Waals surface area contributed by atoms with Crippen molar-refractivity contribution in [1.29, 1.82) is 0 Å². The summed E-state index contributed by atoms with van der Waals surface area (Å²) in [6.45, 7) is 7.62. The fraction of sp³-hybridized carbons (Fsp3) is 0.323. The van der Waals surface area contributed by atoms with Gasteiger partial charge in [0, 0.05) is 31.9 Å². The average molecular weight is 583 g/mol. The highest BCUT2D eigenvalue weighted by Gasteiger charge is 2.35. The van der Waals surface area contributed by atoms with E-state index in [1.165, 1.54) is 11.4 Å². The van der Waals surface area contributed by atoms with Crippen LogP contribution in [-0.2, 0) is 9.68 Å². The van der Waals surface area contributed by atoms with Crippen LogP contribution in [0, 0.1) is 0 Å². The number of rotatable bonds is 6. The number of fused-ring (bicyclic) bond motifs is 5. The van der Waals surface area contributed by atoms with E-state index < -0.39 is 0 Å². The van der Waals surface area contributed by atoms with Gasteiger partial charge < -0.3 is 25.8 Å². The smallest absolute Gasteiger partial charge is 0.162 e. The monoisotopic (exact) mass is 582 g/mol. The molecule has 3 N–H and O–H groups in total. The van der Waals surface area contributed by atoms with Gasteiger partial charge >= 0.3 is 0 Å². The third-order valence-corrected chi connectivity index (χ3v) is 7.87. The Morgan fingerprint density at radius 1 is 0.953 bits per heavy atom. The molecule has 0 spiro atoms. The van der Waals surface area contributed by atoms with E-state index in [4.69, 9.17) is 20.4 Å². The fourth-order valence-electron chi connectivity index (χ4n) is 5.81. The Morgan fingerprint density at radius 3 is 2.30 bits per heavy atom. The average Bonchev–Trinajstić information content (AvgIpc) is 3.66. The van der Waals surface area contributed by atoms with E-state index in [0.29, 0.717) is 24.7 Å². The molecule has 0 fully saturated rings. The Hall–Kier alpha value is -4.81. The maximum Gasteiger partial charge on any atom is 0.162 e. The first-order valence-electron chi connectivity index (χ1n) is 14.4. The van der Waals surface area contributed by atoms with Gasteiger partial charge in [0.1, 0.15) is 30.5 Å². The van der Waals surface area contributed by atoms with Crippen LogP contribution in [0.2, 0.25) is 0 Å². The van der Waals surface area contributed by atoms with Crippen molar-refractivity contribution >= 4 is 29.6 Å². The van der Waals surface area contributed by atoms with Gasteiger partial charge in [0.25, 0.3) is 0 Å². The topological polar surface area (TPSA) is 110 Å². The number of anilines is 2. The number of nitrogens with zero attached hydrogens (tertiary/aromatic N) is 8. The lowest BCUT2D eigenvalue weighted by atomic mass is 10.0. The van der Waals surface area contributed by atoms with Crippen LogP contribution in [0.5, 0.6) is 0 Å². The van der Waals surface area contributed by atoms with Crippen LogP contribution in [0.15, 0.2) is 93.1 Å². The number of aromatic nitrogens is 1. The molecule has 0 saturated carbocycles. The molecule has 5 aliphatic rings. The Balaban J connectivity index is 0.000000153. The van der Waals surface area contributed by atoms with Crippen LogP contribution in [0.4, 0.5) is 17.2 Å². The molecule has 1 aromatic carbocycles. The van der Waals surface area contributed by atoms with Gasteiger partial charge in [-0.2, -0.15) is 0 Å². The van der Waals surface area contributed by atoms with Gasteiger partial charge in [-0.25, -0.2) is 25.1 Å². The Bertz CT molecular complexity index is 1580. The highest BCUT2D eigenvalue weighted by Crippen LogP contribution is 2.43. The van der Waals surface area contributed by atoms with Crippen LogP contribution in [0.25, 0.3) is 11.1 Å². The number of hydroxylamine groups is 4. The molecule has 0 bridgehead atoms. The van der Waals surface area contributed by atoms with E-state index in [0.717, 1.165) is 59.2 Å². The van der Waals surface area contributed by atoms with E-state index in [-0.39, 0.29) is 0 Å². The number of aliphatic imine (C=N–C) groups is 2. The molecule has 0 saturated heterocycles. The normalized spacial score (nSPS) is 18.2. The molecule has 12 nitrogen and oxygen atoms in total. The molecule has 12 heteroatoms. The van der Waals surface area contributed by atoms with Gasteiger partial charge in [0.05, 0.1) is 61.8 Å². The standard InChI is InChI=1S/C16H15N5O.C15H23N5O/c1-22-20-9-12-7-18-15-14(17)13(11-5-3-2-4-6-11)8-19-16(15)21(12)10-20;1-5-6-18-8-11(2)13(16-3)14-15(18)20-10-19(21-4)9-12(20)7-17-14/h2-9H,10H2,1H3,(H2,17,19);7,9,16H,5-6,8,10H2,1-4H3. The molecule has 0 amide bonds. The second-order valence-electron chi connectivity index (χ2n) is 10.6. The maximum atomic E-state index is 6.34. The van der Waals surface area contributed by atoms with Crippen LogP contribution >= 0.6 is 0 Å². The SMILES string of the molecule is CCCN1CC(C)=C(NC)C2=C1N1CN(OC)C=C1C=N2.CON1C=C2C=Nc3c(ncc(-c4ccccc4)c3N)N2C1. The first kappa shape index (κ1) is 28.3. The van der Waals surface area contributed by atoms with Gasteiger partial charge in [-0.3, -0.25) is 9.68 Å². The number of pyridine rings is 1. The molecule has 0 radical (unpaired) electrons. The summed E-state index contributed by atoms with van der Waals surface area (Å²) in [6, 6.07) is 9.97. The summed E-state index contributed by atoms with van der Waals surface area (Å²) >= 11 is 0. The van der Waals surface area contributed by atoms with Crippen molar-refractivity contribution in [3.05, 3.63) is 83.1 Å². The zero-order valence-electron chi connectivity index (χ0n) is 25.3. The minimum atomic E-state index is 0.571. The van der Waals surface area contributed by atoms with Gasteiger partial charge in [-0.05, 0) is 24.5 Å². The van der Waals surface area contributed by atoms with E-state index in [9.17, 15) is 0 Å². The summed E-state index contributed by atoms with van der Waals surface area (Å²) in [5.41, 5.74) is 15.1. The van der Waals surface area contributed by atoms with Crippen molar-refractivity contribution in [3.63, 3.8) is 0 Å². The molecule has 0 atom stereocenters. The Labute approximate surface area is 252 Å². The number of nitrogens with one attached hydrogen (secondary N) is 1. The quantitative estimate of drug-likeness (QED) is 0.519. The van der Waals surface area contributed by atoms with Gasteiger partial charge in [-0.15, -0.1) is 0 Å². The summed E-state index contributed by atoms with van der Waals surface area (Å²) in [4.78, 5) is 31.0. The largest absolute Gasteiger partial charge is 0.396 e. The first-order valence-corrected chi connectivity index (χ1v) is 14.4. The highest BCUT2D eigenvalue weighted by molar-refractivity contribution is 5.99. The Morgan fingerprint density at radius 2 is 1.63 bits per heavy atom. The summed E-state index contributed by atoms with van der Waals surface area (Å²) < 4.78 is 0. The minimum Gasteiger partial charge on any atom is -0.396 e. The maximum absolute atomic E-state index is 6.34. The van der Waals surface area contributed by atoms with Crippen molar-refractivity contribution < 1.29 is 9.68 Å². The lowest BCUT2D eigenvalue weighted by Gasteiger charge is -2.40. The zero-order valence-corrected chi connectivity index (χ0v) is 25.3. The third kappa shape index (κ3) is 5.08. The molecule has 2 aromatic rings. The number of likely N-dealkylation sites (N-methyl/N-ethyl adjacent to an activating group) is 1. The van der Waals surface area contributed by atoms with Crippen LogP contribution in [-0.4, -0.2) is 85.0 Å². The fourth-order valence-corrected chi connectivity index (χ4v) is 5.81. The van der Waals surface area contributed by atoms with Crippen LogP contribution in [0.3, 0.4) is 0 Å². The van der Waals surface area contributed by atoms with Gasteiger partial charge in [0.2, 0.25) is 0 Å². The number of nitrogen functional groups attached to an aromatic ring is 1. The predicted octanol–water partition coefficient (Wildman–Crippen LogP) is 3.97. The number of nitrogens with two attached hydrogens (primary N) is 1. The van der Waals surface area contributed by atoms with Gasteiger partial charge in [0.15, 0.2) is 5.82 Å². The van der Waals surface area contributed by atoms with E-state index in [1.807, 2.05) is 66.0 Å². The first-order chi connectivity index (χ1) is 21.0. The van der Waals surface area contributed by atoms with Crippen molar-refractivity contribution in [2.75, 3.05) is 58.3 Å². The minimum absolute atomic E-state index is 0.571. The number of allylic oxidation sites excluding steroid dienone is 2. The molecule has 5 aliphatic heterocycles. The predicted molar refractivity (Wildman–Crippen MR) is 169 cm³/mol. The molecule has 0 unspecified atom stereocenters. The molecule has 6 heterocycles. The molecule has 0 aliphatic carbocycles. The summed E-state index contributed by atoms with van der Waals surface area (Å²) in [5, 5.41) is 6.86. The van der Waals surface area contributed by atoms with Crippen molar-refractivity contribution in [1.82, 2.24) is 30.2 Å². The summed E-state index contributed by atoms with van der Waals surface area (Å²) in [7, 11) is 5.29. The van der Waals surface area contributed by atoms with E-state index in [1.54, 1.807) is 31.7 Å². The number of hydrogen-bond donors (Lipinski definition) is 2. The number of benzene rings is 1. The van der Waals surface area contributed by atoms with Gasteiger partial charge in [-0.1, -0.05) is 37.3 Å². The third-order valence-electron chi connectivity index (χ3n) is 7.87. The molecular formula is C31H38N10O2. The lowest BCUT2D eigenvalue weighted by Crippen LogP contribution is -2.43. The summed E-state index contributed by atoms with van der Waals surface area (Å²) in [5.74, 6) is 1.94. The van der Waals surface area contributed by atoms with Crippen LogP contribution in [0.1, 0.15) is 20.3 Å². The molecular weight excluding hydrogens is 544 g/mol. The molecule has 43 heavy (non-hydrogen) atoms. The molecule has 7 rings (SSSR count). The van der Waals surface area contributed by atoms with Crippen molar-refractivity contribution in [3.8, 4) is 11.1 Å². The van der Waals surface area contributed by atoms with Crippen molar-refractivity contribution in [2.24, 2.45) is 9.98 Å². The van der Waals surface area contributed by atoms with Crippen molar-refractivity contribution in [2.45, 2.75) is 20.3 Å².